The molecule has 124 valence electrons. The van der Waals surface area contributed by atoms with Gasteiger partial charge in [-0.2, -0.15) is 0 Å². The predicted molar refractivity (Wildman–Crippen MR) is 100 cm³/mol. The summed E-state index contributed by atoms with van der Waals surface area (Å²) in [6.45, 7) is 3.23. The van der Waals surface area contributed by atoms with Crippen LogP contribution >= 0.6 is 22.9 Å². The quantitative estimate of drug-likeness (QED) is 0.735. The Labute approximate surface area is 150 Å². The van der Waals surface area contributed by atoms with E-state index in [9.17, 15) is 0 Å². The number of rotatable bonds is 5. The minimum absolute atomic E-state index is 0.338. The van der Waals surface area contributed by atoms with Gasteiger partial charge in [-0.25, -0.2) is 9.97 Å². The van der Waals surface area contributed by atoms with Crippen molar-refractivity contribution in [3.8, 4) is 0 Å². The second kappa shape index (κ2) is 7.05. The fourth-order valence-corrected chi connectivity index (χ4v) is 4.54. The third kappa shape index (κ3) is 3.11. The molecule has 3 aromatic rings. The van der Waals surface area contributed by atoms with Gasteiger partial charge in [0.15, 0.2) is 0 Å². The number of nitrogens with zero attached hydrogens (tertiary/aromatic N) is 2. The Hall–Kier alpha value is -1.69. The number of nitrogens with one attached hydrogen (secondary N) is 2. The average Bonchev–Trinajstić information content (AvgIpc) is 3.28. The number of anilines is 1. The van der Waals surface area contributed by atoms with Gasteiger partial charge in [0, 0.05) is 23.4 Å². The molecule has 1 aromatic carbocycles. The van der Waals surface area contributed by atoms with Crippen LogP contribution in [-0.2, 0) is 0 Å². The van der Waals surface area contributed by atoms with Crippen molar-refractivity contribution in [2.75, 3.05) is 25.0 Å². The van der Waals surface area contributed by atoms with Crippen molar-refractivity contribution in [1.82, 2.24) is 9.97 Å². The van der Waals surface area contributed by atoms with Gasteiger partial charge < -0.3 is 10.2 Å². The third-order valence-corrected chi connectivity index (χ3v) is 5.92. The molecule has 2 aromatic heterocycles. The smallest absolute Gasteiger partial charge is 0.138 e. The number of thiophene rings is 1. The lowest BCUT2D eigenvalue weighted by Crippen LogP contribution is -3.11. The van der Waals surface area contributed by atoms with Gasteiger partial charge in [-0.15, -0.1) is 11.3 Å². The molecule has 1 atom stereocenters. The third-order valence-electron chi connectivity index (χ3n) is 4.75. The molecule has 1 aliphatic heterocycles. The molecule has 0 saturated carbocycles. The fraction of sp³-hybridized carbons (Fsp3) is 0.333. The van der Waals surface area contributed by atoms with Crippen molar-refractivity contribution in [1.29, 1.82) is 0 Å². The van der Waals surface area contributed by atoms with Crippen molar-refractivity contribution in [3.63, 3.8) is 0 Å². The van der Waals surface area contributed by atoms with Crippen molar-refractivity contribution < 1.29 is 4.90 Å². The number of benzene rings is 1. The maximum absolute atomic E-state index is 6.49. The van der Waals surface area contributed by atoms with Crippen LogP contribution < -0.4 is 10.2 Å². The van der Waals surface area contributed by atoms with E-state index >= 15 is 0 Å². The van der Waals surface area contributed by atoms with Crippen LogP contribution in [0.2, 0.25) is 5.02 Å². The summed E-state index contributed by atoms with van der Waals surface area (Å²) < 4.78 is 0. The molecular formula is C18H20ClN4S+. The SMILES string of the molecule is Clc1ccccc1[C@@H](CNc1ncnc2sccc12)[NH+]1CCCC1. The van der Waals surface area contributed by atoms with Crippen LogP contribution in [0.1, 0.15) is 24.4 Å². The first-order valence-corrected chi connectivity index (χ1v) is 9.60. The zero-order valence-electron chi connectivity index (χ0n) is 13.3. The first-order valence-electron chi connectivity index (χ1n) is 8.34. The monoisotopic (exact) mass is 359 g/mol. The Morgan fingerprint density at radius 1 is 1.17 bits per heavy atom. The Balaban J connectivity index is 1.60. The zero-order chi connectivity index (χ0) is 16.4. The molecule has 1 aliphatic rings. The first kappa shape index (κ1) is 15.8. The highest BCUT2D eigenvalue weighted by atomic mass is 35.5. The minimum Gasteiger partial charge on any atom is -0.363 e. The average molecular weight is 360 g/mol. The highest BCUT2D eigenvalue weighted by molar-refractivity contribution is 7.16. The lowest BCUT2D eigenvalue weighted by molar-refractivity contribution is -0.917. The molecule has 3 heterocycles. The lowest BCUT2D eigenvalue weighted by Gasteiger charge is -2.26. The van der Waals surface area contributed by atoms with Gasteiger partial charge >= 0.3 is 0 Å². The van der Waals surface area contributed by atoms with E-state index in [1.165, 1.54) is 31.5 Å². The number of hydrogen-bond donors (Lipinski definition) is 2. The summed E-state index contributed by atoms with van der Waals surface area (Å²) in [5, 5.41) is 7.56. The van der Waals surface area contributed by atoms with E-state index in [0.29, 0.717) is 6.04 Å². The Bertz CT molecular complexity index is 829. The number of quaternary nitrogens is 1. The number of halogens is 1. The number of likely N-dealkylation sites (tertiary alicyclic amines) is 1. The van der Waals surface area contributed by atoms with E-state index < -0.39 is 0 Å². The van der Waals surface area contributed by atoms with Crippen molar-refractivity contribution in [2.45, 2.75) is 18.9 Å². The fourth-order valence-electron chi connectivity index (χ4n) is 3.54. The maximum atomic E-state index is 6.49. The van der Waals surface area contributed by atoms with Gasteiger partial charge in [0.25, 0.3) is 0 Å². The Morgan fingerprint density at radius 3 is 2.83 bits per heavy atom. The normalized spacial score (nSPS) is 16.5. The van der Waals surface area contributed by atoms with Gasteiger partial charge in [0.1, 0.15) is 23.0 Å². The largest absolute Gasteiger partial charge is 0.363 e. The Kier molecular flexibility index (Phi) is 4.65. The second-order valence-electron chi connectivity index (χ2n) is 6.18. The van der Waals surface area contributed by atoms with E-state index in [1.807, 2.05) is 12.1 Å². The van der Waals surface area contributed by atoms with Crippen molar-refractivity contribution >= 4 is 39.0 Å². The summed E-state index contributed by atoms with van der Waals surface area (Å²) >= 11 is 8.13. The summed E-state index contributed by atoms with van der Waals surface area (Å²) in [6, 6.07) is 10.6. The predicted octanol–water partition coefficient (Wildman–Crippen LogP) is 3.18. The molecule has 0 spiro atoms. The molecule has 2 N–H and O–H groups in total. The summed E-state index contributed by atoms with van der Waals surface area (Å²) in [6.07, 6.45) is 4.21. The van der Waals surface area contributed by atoms with Gasteiger partial charge in [-0.3, -0.25) is 0 Å². The van der Waals surface area contributed by atoms with Crippen molar-refractivity contribution in [2.24, 2.45) is 0 Å². The highest BCUT2D eigenvalue weighted by Gasteiger charge is 2.29. The van der Waals surface area contributed by atoms with E-state index in [1.54, 1.807) is 22.6 Å². The molecular weight excluding hydrogens is 340 g/mol. The topological polar surface area (TPSA) is 42.2 Å². The summed E-state index contributed by atoms with van der Waals surface area (Å²) in [4.78, 5) is 11.4. The number of aromatic nitrogens is 2. The van der Waals surface area contributed by atoms with E-state index in [0.717, 1.165) is 27.6 Å². The minimum atomic E-state index is 0.338. The van der Waals surface area contributed by atoms with Crippen LogP contribution in [0, 0.1) is 0 Å². The first-order chi connectivity index (χ1) is 11.8. The summed E-state index contributed by atoms with van der Waals surface area (Å²) in [7, 11) is 0. The van der Waals surface area contributed by atoms with Crippen LogP contribution in [0.3, 0.4) is 0 Å². The maximum Gasteiger partial charge on any atom is 0.138 e. The van der Waals surface area contributed by atoms with Crippen LogP contribution in [-0.4, -0.2) is 29.6 Å². The number of fused-ring (bicyclic) bond motifs is 1. The molecule has 6 heteroatoms. The van der Waals surface area contributed by atoms with Crippen LogP contribution in [0.15, 0.2) is 42.0 Å². The lowest BCUT2D eigenvalue weighted by atomic mass is 10.1. The van der Waals surface area contributed by atoms with Crippen LogP contribution in [0.5, 0.6) is 0 Å². The molecule has 4 rings (SSSR count). The molecule has 1 saturated heterocycles. The van der Waals surface area contributed by atoms with Crippen LogP contribution in [0.4, 0.5) is 5.82 Å². The standard InChI is InChI=1S/C18H19ClN4S/c19-15-6-2-1-5-13(15)16(23-8-3-4-9-23)11-20-17-14-7-10-24-18(14)22-12-21-17/h1-2,5-7,10,12,16H,3-4,8-9,11H2,(H,20,21,22)/p+1/t16-/m1/s1. The molecule has 4 nitrogen and oxygen atoms in total. The zero-order valence-corrected chi connectivity index (χ0v) is 14.9. The van der Waals surface area contributed by atoms with Gasteiger partial charge in [-0.05, 0) is 17.5 Å². The summed E-state index contributed by atoms with van der Waals surface area (Å²) in [5.74, 6) is 0.914. The van der Waals surface area contributed by atoms with Crippen molar-refractivity contribution in [3.05, 3.63) is 52.6 Å². The summed E-state index contributed by atoms with van der Waals surface area (Å²) in [5.41, 5.74) is 1.22. The molecule has 0 radical (unpaired) electrons. The molecule has 0 amide bonds. The molecule has 0 unspecified atom stereocenters. The van der Waals surface area contributed by atoms with E-state index in [4.69, 9.17) is 11.6 Å². The van der Waals surface area contributed by atoms with Gasteiger partial charge in [0.2, 0.25) is 0 Å². The molecule has 0 bridgehead atoms. The second-order valence-corrected chi connectivity index (χ2v) is 7.48. The molecule has 0 aliphatic carbocycles. The van der Waals surface area contributed by atoms with Crippen LogP contribution in [0.25, 0.3) is 10.2 Å². The Morgan fingerprint density at radius 2 is 2.00 bits per heavy atom. The van der Waals surface area contributed by atoms with Gasteiger partial charge in [0.05, 0.1) is 25.0 Å². The molecule has 1 fully saturated rings. The number of hydrogen-bond acceptors (Lipinski definition) is 4. The molecule has 24 heavy (non-hydrogen) atoms. The van der Waals surface area contributed by atoms with E-state index in [-0.39, 0.29) is 0 Å². The highest BCUT2D eigenvalue weighted by Crippen LogP contribution is 2.26. The van der Waals surface area contributed by atoms with Gasteiger partial charge in [-0.1, -0.05) is 29.8 Å². The van der Waals surface area contributed by atoms with E-state index in [2.05, 4.69) is 38.9 Å².